The van der Waals surface area contributed by atoms with Crippen molar-refractivity contribution in [2.45, 2.75) is 26.1 Å². The Morgan fingerprint density at radius 2 is 1.82 bits per heavy atom. The highest BCUT2D eigenvalue weighted by Gasteiger charge is 2.21. The van der Waals surface area contributed by atoms with Crippen molar-refractivity contribution in [1.29, 1.82) is 0 Å². The van der Waals surface area contributed by atoms with Gasteiger partial charge in [0, 0.05) is 25.7 Å². The molecule has 2 atom stereocenters. The predicted molar refractivity (Wildman–Crippen MR) is 89.2 cm³/mol. The number of halogens is 2. The molecule has 0 N–H and O–H groups in total. The van der Waals surface area contributed by atoms with E-state index in [0.29, 0.717) is 47.8 Å². The van der Waals surface area contributed by atoms with Gasteiger partial charge in [-0.25, -0.2) is 0 Å². The van der Waals surface area contributed by atoms with Gasteiger partial charge in [0.15, 0.2) is 0 Å². The van der Waals surface area contributed by atoms with Crippen molar-refractivity contribution in [3.8, 4) is 5.75 Å². The standard InChI is InChI=1S/C16H23Cl2NO3/c1-12-10-19(11-13(2)22-12)5-6-20-7-8-21-14-3-4-15(17)16(18)9-14/h3-4,9,12-13H,5-8,10-11H2,1-2H3/t12-,13-/m1/s1. The van der Waals surface area contributed by atoms with Crippen LogP contribution >= 0.6 is 23.2 Å². The molecule has 0 radical (unpaired) electrons. The lowest BCUT2D eigenvalue weighted by Gasteiger charge is -2.35. The average Bonchev–Trinajstić information content (AvgIpc) is 2.45. The largest absolute Gasteiger partial charge is 0.491 e. The van der Waals surface area contributed by atoms with Crippen LogP contribution in [0.1, 0.15) is 13.8 Å². The highest BCUT2D eigenvalue weighted by Crippen LogP contribution is 2.26. The first kappa shape index (κ1) is 17.8. The molecule has 0 aliphatic carbocycles. The van der Waals surface area contributed by atoms with Crippen molar-refractivity contribution in [2.24, 2.45) is 0 Å². The molecule has 0 spiro atoms. The summed E-state index contributed by atoms with van der Waals surface area (Å²) < 4.78 is 16.9. The quantitative estimate of drug-likeness (QED) is 0.706. The molecule has 0 saturated carbocycles. The van der Waals surface area contributed by atoms with Crippen LogP contribution in [-0.2, 0) is 9.47 Å². The topological polar surface area (TPSA) is 30.9 Å². The van der Waals surface area contributed by atoms with Crippen LogP contribution in [0.25, 0.3) is 0 Å². The molecule has 1 fully saturated rings. The number of nitrogens with zero attached hydrogens (tertiary/aromatic N) is 1. The van der Waals surface area contributed by atoms with Gasteiger partial charge in [-0.05, 0) is 26.0 Å². The third-order valence-corrected chi connectivity index (χ3v) is 4.17. The van der Waals surface area contributed by atoms with Crippen molar-refractivity contribution < 1.29 is 14.2 Å². The molecule has 1 aliphatic rings. The summed E-state index contributed by atoms with van der Waals surface area (Å²) in [7, 11) is 0. The van der Waals surface area contributed by atoms with E-state index in [1.165, 1.54) is 0 Å². The third kappa shape index (κ3) is 5.94. The van der Waals surface area contributed by atoms with Gasteiger partial charge in [0.05, 0.1) is 35.5 Å². The normalized spacial score (nSPS) is 22.7. The number of hydrogen-bond donors (Lipinski definition) is 0. The Labute approximate surface area is 142 Å². The van der Waals surface area contributed by atoms with Crippen molar-refractivity contribution >= 4 is 23.2 Å². The minimum absolute atomic E-state index is 0.293. The predicted octanol–water partition coefficient (Wildman–Crippen LogP) is 3.50. The monoisotopic (exact) mass is 347 g/mol. The fourth-order valence-electron chi connectivity index (χ4n) is 2.55. The fourth-order valence-corrected chi connectivity index (χ4v) is 2.84. The van der Waals surface area contributed by atoms with E-state index >= 15 is 0 Å². The lowest BCUT2D eigenvalue weighted by Crippen LogP contribution is -2.46. The highest BCUT2D eigenvalue weighted by molar-refractivity contribution is 6.42. The Balaban J connectivity index is 1.56. The van der Waals surface area contributed by atoms with Crippen LogP contribution in [0.2, 0.25) is 10.0 Å². The van der Waals surface area contributed by atoms with Crippen LogP contribution < -0.4 is 4.74 Å². The number of rotatable bonds is 7. The summed E-state index contributed by atoms with van der Waals surface area (Å²) in [5.74, 6) is 0.703. The van der Waals surface area contributed by atoms with Crippen LogP contribution in [0.15, 0.2) is 18.2 Å². The molecule has 0 unspecified atom stereocenters. The molecule has 1 aromatic carbocycles. The number of ether oxygens (including phenoxy) is 3. The summed E-state index contributed by atoms with van der Waals surface area (Å²) in [5, 5.41) is 1.02. The van der Waals surface area contributed by atoms with Gasteiger partial charge in [-0.2, -0.15) is 0 Å². The van der Waals surface area contributed by atoms with E-state index in [-0.39, 0.29) is 0 Å². The minimum atomic E-state index is 0.293. The maximum absolute atomic E-state index is 5.93. The van der Waals surface area contributed by atoms with E-state index in [0.717, 1.165) is 19.6 Å². The van der Waals surface area contributed by atoms with Gasteiger partial charge in [0.2, 0.25) is 0 Å². The molecule has 1 aromatic rings. The van der Waals surface area contributed by atoms with E-state index in [1.807, 2.05) is 0 Å². The Morgan fingerprint density at radius 1 is 1.09 bits per heavy atom. The molecule has 124 valence electrons. The van der Waals surface area contributed by atoms with E-state index in [9.17, 15) is 0 Å². The van der Waals surface area contributed by atoms with Gasteiger partial charge >= 0.3 is 0 Å². The van der Waals surface area contributed by atoms with Crippen LogP contribution in [0.4, 0.5) is 0 Å². The van der Waals surface area contributed by atoms with E-state index < -0.39 is 0 Å². The lowest BCUT2D eigenvalue weighted by molar-refractivity contribution is -0.0734. The van der Waals surface area contributed by atoms with E-state index in [1.54, 1.807) is 18.2 Å². The van der Waals surface area contributed by atoms with Gasteiger partial charge in [0.1, 0.15) is 12.4 Å². The summed E-state index contributed by atoms with van der Waals surface area (Å²) in [6.45, 7) is 8.81. The first-order chi connectivity index (χ1) is 10.5. The SMILES string of the molecule is C[C@@H]1CN(CCOCCOc2ccc(Cl)c(Cl)c2)C[C@@H](C)O1. The Bertz CT molecular complexity index is 463. The van der Waals surface area contributed by atoms with Crippen molar-refractivity contribution in [3.05, 3.63) is 28.2 Å². The molecule has 1 heterocycles. The zero-order chi connectivity index (χ0) is 15.9. The maximum atomic E-state index is 5.93. The number of morpholine rings is 1. The molecule has 0 amide bonds. The summed E-state index contributed by atoms with van der Waals surface area (Å²) in [6, 6.07) is 5.23. The molecule has 4 nitrogen and oxygen atoms in total. The van der Waals surface area contributed by atoms with Crippen molar-refractivity contribution in [1.82, 2.24) is 4.90 Å². The second kappa shape index (κ2) is 8.94. The van der Waals surface area contributed by atoms with Crippen LogP contribution in [0, 0.1) is 0 Å². The van der Waals surface area contributed by atoms with Gasteiger partial charge in [-0.15, -0.1) is 0 Å². The zero-order valence-electron chi connectivity index (χ0n) is 13.1. The summed E-state index contributed by atoms with van der Waals surface area (Å²) in [4.78, 5) is 2.37. The minimum Gasteiger partial charge on any atom is -0.491 e. The Hall–Kier alpha value is -0.520. The zero-order valence-corrected chi connectivity index (χ0v) is 14.6. The van der Waals surface area contributed by atoms with Crippen molar-refractivity contribution in [2.75, 3.05) is 39.5 Å². The summed E-state index contributed by atoms with van der Waals surface area (Å²) in [5.41, 5.74) is 0. The number of hydrogen-bond acceptors (Lipinski definition) is 4. The highest BCUT2D eigenvalue weighted by atomic mass is 35.5. The van der Waals surface area contributed by atoms with E-state index in [2.05, 4.69) is 18.7 Å². The average molecular weight is 348 g/mol. The lowest BCUT2D eigenvalue weighted by atomic mass is 10.2. The first-order valence-corrected chi connectivity index (χ1v) is 8.33. The van der Waals surface area contributed by atoms with Crippen LogP contribution in [-0.4, -0.2) is 56.6 Å². The molecule has 22 heavy (non-hydrogen) atoms. The van der Waals surface area contributed by atoms with Gasteiger partial charge < -0.3 is 14.2 Å². The fraction of sp³-hybridized carbons (Fsp3) is 0.625. The molecule has 1 saturated heterocycles. The van der Waals surface area contributed by atoms with Crippen molar-refractivity contribution in [3.63, 3.8) is 0 Å². The Morgan fingerprint density at radius 3 is 2.50 bits per heavy atom. The molecular formula is C16H23Cl2NO3. The van der Waals surface area contributed by atoms with Crippen LogP contribution in [0.3, 0.4) is 0 Å². The molecule has 0 bridgehead atoms. The third-order valence-electron chi connectivity index (χ3n) is 3.43. The second-order valence-electron chi connectivity index (χ2n) is 5.55. The Kier molecular flexibility index (Phi) is 7.25. The molecule has 0 aromatic heterocycles. The van der Waals surface area contributed by atoms with Gasteiger partial charge in [0.25, 0.3) is 0 Å². The smallest absolute Gasteiger partial charge is 0.121 e. The summed E-state index contributed by atoms with van der Waals surface area (Å²) in [6.07, 6.45) is 0.587. The van der Waals surface area contributed by atoms with Crippen LogP contribution in [0.5, 0.6) is 5.75 Å². The van der Waals surface area contributed by atoms with Gasteiger partial charge in [-0.1, -0.05) is 23.2 Å². The van der Waals surface area contributed by atoms with Gasteiger partial charge in [-0.3, -0.25) is 4.90 Å². The number of benzene rings is 1. The second-order valence-corrected chi connectivity index (χ2v) is 6.37. The van der Waals surface area contributed by atoms with E-state index in [4.69, 9.17) is 37.4 Å². The molecule has 6 heteroatoms. The first-order valence-electron chi connectivity index (χ1n) is 7.58. The molecule has 1 aliphatic heterocycles. The maximum Gasteiger partial charge on any atom is 0.121 e. The summed E-state index contributed by atoms with van der Waals surface area (Å²) >= 11 is 11.8. The molecule has 2 rings (SSSR count). The molecular weight excluding hydrogens is 325 g/mol.